The van der Waals surface area contributed by atoms with Crippen LogP contribution < -0.4 is 14.2 Å². The number of sulfonamides is 1. The molecule has 1 fully saturated rings. The zero-order chi connectivity index (χ0) is 29.8. The Morgan fingerprint density at radius 2 is 1.61 bits per heavy atom. The SMILES string of the molecule is COc1cc(/C=C/C(=O)Nc2cc(S(=O)(=O)N3CCOCC3)ccc2C)ccc1OS(=O)(=O)c1cc(C)ccc1C. The van der Waals surface area contributed by atoms with Gasteiger partial charge in [-0.25, -0.2) is 8.42 Å². The van der Waals surface area contributed by atoms with Crippen LogP contribution in [0.15, 0.2) is 70.5 Å². The lowest BCUT2D eigenvalue weighted by molar-refractivity contribution is -0.111. The molecule has 0 atom stereocenters. The summed E-state index contributed by atoms with van der Waals surface area (Å²) in [6.45, 7) is 6.45. The lowest BCUT2D eigenvalue weighted by Gasteiger charge is -2.26. The van der Waals surface area contributed by atoms with Crippen LogP contribution in [0.5, 0.6) is 11.5 Å². The topological polar surface area (TPSA) is 128 Å². The first-order valence-corrected chi connectivity index (χ1v) is 15.6. The number of hydrogen-bond acceptors (Lipinski definition) is 8. The standard InChI is InChI=1S/C29H32N2O8S2/c1-20-5-6-22(3)28(17-20)41(35,36)39-26-11-8-23(18-27(26)37-4)9-12-29(32)30-25-19-24(10-7-21(25)2)40(33,34)31-13-15-38-16-14-31/h5-12,17-19H,13-16H2,1-4H3,(H,30,32)/b12-9+. The first-order chi connectivity index (χ1) is 19.4. The van der Waals surface area contributed by atoms with E-state index in [9.17, 15) is 21.6 Å². The largest absolute Gasteiger partial charge is 0.493 e. The normalized spacial score (nSPS) is 14.6. The average Bonchev–Trinajstić information content (AvgIpc) is 2.95. The Labute approximate surface area is 240 Å². The van der Waals surface area contributed by atoms with Crippen molar-refractivity contribution in [3.05, 3.63) is 82.9 Å². The van der Waals surface area contributed by atoms with Gasteiger partial charge in [-0.15, -0.1) is 0 Å². The molecule has 4 rings (SSSR count). The number of morpholine rings is 1. The monoisotopic (exact) mass is 600 g/mol. The van der Waals surface area contributed by atoms with Gasteiger partial charge < -0.3 is 19.0 Å². The number of benzene rings is 3. The fraction of sp³-hybridized carbons (Fsp3) is 0.276. The fourth-order valence-corrected chi connectivity index (χ4v) is 6.87. The molecule has 1 N–H and O–H groups in total. The van der Waals surface area contributed by atoms with E-state index in [2.05, 4.69) is 5.32 Å². The van der Waals surface area contributed by atoms with Crippen LogP contribution in [0.4, 0.5) is 5.69 Å². The second kappa shape index (κ2) is 12.4. The third-order valence-electron chi connectivity index (χ3n) is 6.50. The number of ether oxygens (including phenoxy) is 2. The van der Waals surface area contributed by atoms with Gasteiger partial charge in [0.05, 0.1) is 25.2 Å². The van der Waals surface area contributed by atoms with Crippen molar-refractivity contribution in [1.82, 2.24) is 4.31 Å². The Balaban J connectivity index is 1.49. The van der Waals surface area contributed by atoms with Crippen molar-refractivity contribution in [1.29, 1.82) is 0 Å². The predicted octanol–water partition coefficient (Wildman–Crippen LogP) is 4.06. The molecule has 0 aromatic heterocycles. The summed E-state index contributed by atoms with van der Waals surface area (Å²) in [5.41, 5.74) is 2.95. The van der Waals surface area contributed by atoms with Crippen LogP contribution >= 0.6 is 0 Å². The highest BCUT2D eigenvalue weighted by Crippen LogP contribution is 2.32. The maximum atomic E-state index is 13.0. The molecule has 0 aliphatic carbocycles. The molecule has 1 saturated heterocycles. The molecule has 3 aromatic carbocycles. The summed E-state index contributed by atoms with van der Waals surface area (Å²) in [5.74, 6) is -0.312. The molecular formula is C29H32N2O8S2. The molecular weight excluding hydrogens is 568 g/mol. The summed E-state index contributed by atoms with van der Waals surface area (Å²) in [6.07, 6.45) is 2.80. The van der Waals surface area contributed by atoms with E-state index in [1.165, 1.54) is 41.8 Å². The van der Waals surface area contributed by atoms with E-state index in [0.29, 0.717) is 35.6 Å². The van der Waals surface area contributed by atoms with Crippen molar-refractivity contribution in [2.75, 3.05) is 38.7 Å². The number of amides is 1. The number of methoxy groups -OCH3 is 1. The molecule has 1 heterocycles. The number of carbonyl (C=O) groups is 1. The minimum absolute atomic E-state index is 0.00363. The Hall–Kier alpha value is -3.71. The van der Waals surface area contributed by atoms with Crippen molar-refractivity contribution in [3.8, 4) is 11.5 Å². The Bertz CT molecular complexity index is 1690. The maximum absolute atomic E-state index is 13.0. The number of anilines is 1. The van der Waals surface area contributed by atoms with Crippen LogP contribution in [0.1, 0.15) is 22.3 Å². The highest BCUT2D eigenvalue weighted by molar-refractivity contribution is 7.89. The molecule has 0 spiro atoms. The Morgan fingerprint density at radius 1 is 0.902 bits per heavy atom. The van der Waals surface area contributed by atoms with Gasteiger partial charge in [0.2, 0.25) is 15.9 Å². The smallest absolute Gasteiger partial charge is 0.339 e. The quantitative estimate of drug-likeness (QED) is 0.288. The molecule has 0 bridgehead atoms. The lowest BCUT2D eigenvalue weighted by atomic mass is 10.1. The summed E-state index contributed by atoms with van der Waals surface area (Å²) in [5, 5.41) is 2.73. The third-order valence-corrected chi connectivity index (χ3v) is 9.77. The van der Waals surface area contributed by atoms with Crippen molar-refractivity contribution < 1.29 is 35.3 Å². The second-order valence-corrected chi connectivity index (χ2v) is 13.0. The van der Waals surface area contributed by atoms with Gasteiger partial charge in [-0.05, 0) is 79.4 Å². The second-order valence-electron chi connectivity index (χ2n) is 9.53. The molecule has 0 radical (unpaired) electrons. The van der Waals surface area contributed by atoms with Crippen LogP contribution in [0.3, 0.4) is 0 Å². The van der Waals surface area contributed by atoms with E-state index in [0.717, 1.165) is 5.56 Å². The molecule has 1 amide bonds. The number of nitrogens with zero attached hydrogens (tertiary/aromatic N) is 1. The van der Waals surface area contributed by atoms with Crippen molar-refractivity contribution in [3.63, 3.8) is 0 Å². The van der Waals surface area contributed by atoms with Crippen molar-refractivity contribution >= 4 is 37.8 Å². The van der Waals surface area contributed by atoms with Gasteiger partial charge in [-0.3, -0.25) is 4.79 Å². The van der Waals surface area contributed by atoms with E-state index in [4.69, 9.17) is 13.7 Å². The van der Waals surface area contributed by atoms with Gasteiger partial charge in [0.25, 0.3) is 0 Å². The number of aryl methyl sites for hydroxylation is 3. The predicted molar refractivity (Wildman–Crippen MR) is 155 cm³/mol. The molecule has 1 aliphatic heterocycles. The van der Waals surface area contributed by atoms with Crippen molar-refractivity contribution in [2.45, 2.75) is 30.6 Å². The van der Waals surface area contributed by atoms with Gasteiger partial charge in [0.1, 0.15) is 4.90 Å². The first-order valence-electron chi connectivity index (χ1n) is 12.8. The minimum Gasteiger partial charge on any atom is -0.493 e. The number of carbonyl (C=O) groups excluding carboxylic acids is 1. The molecule has 0 saturated carbocycles. The first kappa shape index (κ1) is 30.3. The molecule has 3 aromatic rings. The van der Waals surface area contributed by atoms with E-state index >= 15 is 0 Å². The van der Waals surface area contributed by atoms with Crippen LogP contribution in [0, 0.1) is 20.8 Å². The maximum Gasteiger partial charge on any atom is 0.339 e. The molecule has 1 aliphatic rings. The fourth-order valence-electron chi connectivity index (χ4n) is 4.17. The van der Waals surface area contributed by atoms with Gasteiger partial charge in [0.15, 0.2) is 11.5 Å². The summed E-state index contributed by atoms with van der Waals surface area (Å²) in [4.78, 5) is 12.9. The van der Waals surface area contributed by atoms with E-state index in [1.807, 2.05) is 6.07 Å². The third kappa shape index (κ3) is 7.14. The van der Waals surface area contributed by atoms with Crippen molar-refractivity contribution in [2.24, 2.45) is 0 Å². The van der Waals surface area contributed by atoms with Gasteiger partial charge in [-0.1, -0.05) is 24.3 Å². The highest BCUT2D eigenvalue weighted by atomic mass is 32.2. The summed E-state index contributed by atoms with van der Waals surface area (Å²) >= 11 is 0. The van der Waals surface area contributed by atoms with Gasteiger partial charge in [0, 0.05) is 24.9 Å². The summed E-state index contributed by atoms with van der Waals surface area (Å²) in [7, 11) is -6.45. The molecule has 41 heavy (non-hydrogen) atoms. The highest BCUT2D eigenvalue weighted by Gasteiger charge is 2.27. The van der Waals surface area contributed by atoms with E-state index in [1.54, 1.807) is 51.1 Å². The van der Waals surface area contributed by atoms with Crippen LogP contribution in [-0.4, -0.2) is 60.5 Å². The molecule has 10 nitrogen and oxygen atoms in total. The van der Waals surface area contributed by atoms with Gasteiger partial charge in [-0.2, -0.15) is 12.7 Å². The Morgan fingerprint density at radius 3 is 2.32 bits per heavy atom. The molecule has 218 valence electrons. The van der Waals surface area contributed by atoms with Crippen LogP contribution in [-0.2, 0) is 29.7 Å². The van der Waals surface area contributed by atoms with Crippen LogP contribution in [0.2, 0.25) is 0 Å². The minimum atomic E-state index is -4.11. The Kier molecular flexibility index (Phi) is 9.17. The average molecular weight is 601 g/mol. The summed E-state index contributed by atoms with van der Waals surface area (Å²) < 4.78 is 69.2. The number of rotatable bonds is 9. The zero-order valence-electron chi connectivity index (χ0n) is 23.2. The zero-order valence-corrected chi connectivity index (χ0v) is 24.8. The van der Waals surface area contributed by atoms with E-state index < -0.39 is 26.0 Å². The van der Waals surface area contributed by atoms with Crippen LogP contribution in [0.25, 0.3) is 6.08 Å². The number of hydrogen-bond donors (Lipinski definition) is 1. The number of nitrogens with one attached hydrogen (secondary N) is 1. The summed E-state index contributed by atoms with van der Waals surface area (Å²) in [6, 6.07) is 14.2. The molecule has 0 unspecified atom stereocenters. The lowest BCUT2D eigenvalue weighted by Crippen LogP contribution is -2.40. The molecule has 12 heteroatoms. The van der Waals surface area contributed by atoms with E-state index in [-0.39, 0.29) is 34.4 Å². The van der Waals surface area contributed by atoms with Gasteiger partial charge >= 0.3 is 10.1 Å².